The zero-order chi connectivity index (χ0) is 19.9. The van der Waals surface area contributed by atoms with Crippen LogP contribution in [0.5, 0.6) is 0 Å². The number of fused-ring (bicyclic) bond motifs is 1. The first kappa shape index (κ1) is 18.0. The molecule has 1 aliphatic carbocycles. The molecule has 3 fully saturated rings. The van der Waals surface area contributed by atoms with Gasteiger partial charge in [0.05, 0.1) is 13.2 Å². The van der Waals surface area contributed by atoms with Gasteiger partial charge in [0.15, 0.2) is 5.60 Å². The first-order valence-electron chi connectivity index (χ1n) is 10.3. The van der Waals surface area contributed by atoms with Crippen LogP contribution in [0.4, 0.5) is 5.69 Å². The second kappa shape index (κ2) is 5.50. The molecule has 3 aliphatic heterocycles. The average Bonchev–Trinajstić information content (AvgIpc) is 3.23. The van der Waals surface area contributed by atoms with E-state index in [1.54, 1.807) is 0 Å². The molecule has 1 aromatic carbocycles. The molecule has 0 aromatic heterocycles. The van der Waals surface area contributed by atoms with E-state index in [0.29, 0.717) is 25.8 Å². The Hall–Kier alpha value is -2.08. The Bertz CT molecular complexity index is 872. The highest BCUT2D eigenvalue weighted by Crippen LogP contribution is 2.67. The lowest BCUT2D eigenvalue weighted by molar-refractivity contribution is -0.190. The molecule has 0 radical (unpaired) electrons. The van der Waals surface area contributed by atoms with Gasteiger partial charge in [-0.3, -0.25) is 4.79 Å². The van der Waals surface area contributed by atoms with E-state index < -0.39 is 23.0 Å². The molecule has 6 heteroatoms. The number of amides is 1. The van der Waals surface area contributed by atoms with Crippen LogP contribution >= 0.6 is 0 Å². The number of para-hydroxylation sites is 1. The van der Waals surface area contributed by atoms with Crippen molar-refractivity contribution in [2.75, 3.05) is 25.6 Å². The number of benzene rings is 1. The summed E-state index contributed by atoms with van der Waals surface area (Å²) in [6.45, 7) is 2.81. The first-order valence-corrected chi connectivity index (χ1v) is 10.3. The van der Waals surface area contributed by atoms with Crippen molar-refractivity contribution in [2.45, 2.75) is 62.1 Å². The molecule has 28 heavy (non-hydrogen) atoms. The van der Waals surface area contributed by atoms with Gasteiger partial charge in [0.1, 0.15) is 0 Å². The largest absolute Gasteiger partial charge is 0.467 e. The van der Waals surface area contributed by atoms with Gasteiger partial charge < -0.3 is 19.6 Å². The molecule has 6 nitrogen and oxygen atoms in total. The van der Waals surface area contributed by atoms with Gasteiger partial charge >= 0.3 is 5.97 Å². The van der Waals surface area contributed by atoms with Gasteiger partial charge in [0.2, 0.25) is 5.91 Å². The Morgan fingerprint density at radius 1 is 1.29 bits per heavy atom. The summed E-state index contributed by atoms with van der Waals surface area (Å²) in [6.07, 6.45) is 3.11. The number of hydrogen-bond acceptors (Lipinski definition) is 5. The molecule has 1 N–H and O–H groups in total. The fourth-order valence-electron chi connectivity index (χ4n) is 7.43. The summed E-state index contributed by atoms with van der Waals surface area (Å²) in [4.78, 5) is 30.0. The molecule has 1 aromatic rings. The van der Waals surface area contributed by atoms with Crippen LogP contribution in [-0.4, -0.2) is 60.3 Å². The van der Waals surface area contributed by atoms with E-state index in [9.17, 15) is 14.7 Å². The Morgan fingerprint density at radius 3 is 2.75 bits per heavy atom. The molecule has 0 bridgehead atoms. The second-order valence-corrected chi connectivity index (χ2v) is 9.12. The quantitative estimate of drug-likeness (QED) is 0.788. The Morgan fingerprint density at radius 2 is 2.04 bits per heavy atom. The first-order chi connectivity index (χ1) is 13.4. The van der Waals surface area contributed by atoms with Crippen molar-refractivity contribution in [3.63, 3.8) is 0 Å². The summed E-state index contributed by atoms with van der Waals surface area (Å²) in [7, 11) is 3.31. The highest BCUT2D eigenvalue weighted by Gasteiger charge is 2.76. The summed E-state index contributed by atoms with van der Waals surface area (Å²) in [6, 6.07) is 7.76. The van der Waals surface area contributed by atoms with Gasteiger partial charge in [0.25, 0.3) is 0 Å². The SMILES string of the molecule is CC[C@@]12CCC(=O)N3CC[C@]4(c5ccccc5N(C)[C@@H]4[C@](O)(C(=O)OC)C1)[C@H]32. The lowest BCUT2D eigenvalue weighted by Gasteiger charge is -2.62. The fraction of sp³-hybridized carbons (Fsp3) is 0.636. The van der Waals surface area contributed by atoms with Gasteiger partial charge in [-0.2, -0.15) is 0 Å². The van der Waals surface area contributed by atoms with Gasteiger partial charge in [0, 0.05) is 37.2 Å². The van der Waals surface area contributed by atoms with Crippen LogP contribution in [0.15, 0.2) is 24.3 Å². The van der Waals surface area contributed by atoms with Crippen LogP contribution in [0, 0.1) is 5.41 Å². The number of rotatable bonds is 2. The van der Waals surface area contributed by atoms with Crippen molar-refractivity contribution in [2.24, 2.45) is 5.41 Å². The number of hydrogen-bond donors (Lipinski definition) is 1. The maximum atomic E-state index is 13.0. The number of likely N-dealkylation sites (N-methyl/N-ethyl adjacent to an activating group) is 1. The van der Waals surface area contributed by atoms with Crippen molar-refractivity contribution in [1.29, 1.82) is 0 Å². The molecular formula is C22H28N2O4. The predicted molar refractivity (Wildman–Crippen MR) is 104 cm³/mol. The highest BCUT2D eigenvalue weighted by atomic mass is 16.5. The summed E-state index contributed by atoms with van der Waals surface area (Å²) in [5, 5.41) is 11.9. The van der Waals surface area contributed by atoms with E-state index in [1.165, 1.54) is 7.11 Å². The van der Waals surface area contributed by atoms with E-state index in [0.717, 1.165) is 24.1 Å². The van der Waals surface area contributed by atoms with E-state index >= 15 is 0 Å². The molecule has 0 unspecified atom stereocenters. The molecule has 1 spiro atoms. The van der Waals surface area contributed by atoms with E-state index in [4.69, 9.17) is 4.74 Å². The third-order valence-corrected chi connectivity index (χ3v) is 8.28. The van der Waals surface area contributed by atoms with Gasteiger partial charge in [-0.05, 0) is 42.7 Å². The van der Waals surface area contributed by atoms with Crippen LogP contribution < -0.4 is 4.90 Å². The molecule has 3 heterocycles. The molecule has 2 saturated heterocycles. The van der Waals surface area contributed by atoms with Crippen LogP contribution in [0.25, 0.3) is 0 Å². The minimum absolute atomic E-state index is 0.00674. The number of carbonyl (C=O) groups is 2. The van der Waals surface area contributed by atoms with Crippen molar-refractivity contribution in [3.05, 3.63) is 29.8 Å². The van der Waals surface area contributed by atoms with Crippen LogP contribution in [0.3, 0.4) is 0 Å². The molecule has 5 atom stereocenters. The fourth-order valence-corrected chi connectivity index (χ4v) is 7.43. The molecule has 1 saturated carbocycles. The smallest absolute Gasteiger partial charge is 0.340 e. The van der Waals surface area contributed by atoms with E-state index in [2.05, 4.69) is 28.9 Å². The molecular weight excluding hydrogens is 356 g/mol. The highest BCUT2D eigenvalue weighted by molar-refractivity contribution is 5.86. The zero-order valence-electron chi connectivity index (χ0n) is 16.8. The van der Waals surface area contributed by atoms with E-state index in [-0.39, 0.29) is 17.4 Å². The Labute approximate surface area is 165 Å². The van der Waals surface area contributed by atoms with Crippen molar-refractivity contribution >= 4 is 17.6 Å². The van der Waals surface area contributed by atoms with Gasteiger partial charge in [-0.15, -0.1) is 0 Å². The number of carbonyl (C=O) groups excluding carboxylic acids is 2. The van der Waals surface area contributed by atoms with Gasteiger partial charge in [-0.25, -0.2) is 4.79 Å². The average molecular weight is 384 g/mol. The van der Waals surface area contributed by atoms with Gasteiger partial charge in [-0.1, -0.05) is 25.1 Å². The zero-order valence-corrected chi connectivity index (χ0v) is 16.8. The predicted octanol–water partition coefficient (Wildman–Crippen LogP) is 1.84. The molecule has 150 valence electrons. The third kappa shape index (κ3) is 1.78. The summed E-state index contributed by atoms with van der Waals surface area (Å²) >= 11 is 0. The summed E-state index contributed by atoms with van der Waals surface area (Å²) in [5.74, 6) is -0.349. The number of piperidine rings is 1. The Kier molecular flexibility index (Phi) is 3.53. The second-order valence-electron chi connectivity index (χ2n) is 9.12. The minimum Gasteiger partial charge on any atom is -0.467 e. The maximum absolute atomic E-state index is 13.0. The molecule has 1 amide bonds. The number of aliphatic hydroxyl groups is 1. The van der Waals surface area contributed by atoms with Crippen LogP contribution in [0.2, 0.25) is 0 Å². The number of anilines is 1. The third-order valence-electron chi connectivity index (χ3n) is 8.28. The molecule has 4 aliphatic rings. The lowest BCUT2D eigenvalue weighted by Crippen LogP contribution is -2.75. The standard InChI is InChI=1S/C22H28N2O4/c1-4-20-10-9-16(25)24-12-11-21(17(20)24)14-7-5-6-8-15(14)23(2)18(21)22(27,13-20)19(26)28-3/h5-8,17-18,27H,4,9-13H2,1-3H3/t17-,18+,20-,21+,22+/m1/s1. The number of ether oxygens (including phenoxy) is 1. The van der Waals surface area contributed by atoms with Crippen LogP contribution in [-0.2, 0) is 19.7 Å². The maximum Gasteiger partial charge on any atom is 0.340 e. The normalized spacial score (nSPS) is 40.8. The Balaban J connectivity index is 1.82. The summed E-state index contributed by atoms with van der Waals surface area (Å²) < 4.78 is 5.15. The number of esters is 1. The number of methoxy groups -OCH3 is 1. The van der Waals surface area contributed by atoms with Crippen molar-refractivity contribution in [1.82, 2.24) is 4.90 Å². The van der Waals surface area contributed by atoms with Crippen molar-refractivity contribution < 1.29 is 19.4 Å². The molecule has 5 rings (SSSR count). The topological polar surface area (TPSA) is 70.1 Å². The van der Waals surface area contributed by atoms with E-state index in [1.807, 2.05) is 19.2 Å². The lowest BCUT2D eigenvalue weighted by atomic mass is 9.48. The monoisotopic (exact) mass is 384 g/mol. The summed E-state index contributed by atoms with van der Waals surface area (Å²) in [5.41, 5.74) is -0.155. The number of nitrogens with zero attached hydrogens (tertiary/aromatic N) is 2. The van der Waals surface area contributed by atoms with Crippen LogP contribution in [0.1, 0.15) is 44.6 Å². The minimum atomic E-state index is -1.61. The van der Waals surface area contributed by atoms with Crippen molar-refractivity contribution in [3.8, 4) is 0 Å².